The van der Waals surface area contributed by atoms with Gasteiger partial charge in [0.15, 0.2) is 0 Å². The van der Waals surface area contributed by atoms with Crippen molar-refractivity contribution < 1.29 is 24.0 Å². The van der Waals surface area contributed by atoms with E-state index in [1.807, 2.05) is 0 Å². The molecule has 0 spiro atoms. The Bertz CT molecular complexity index is 1020. The van der Waals surface area contributed by atoms with Crippen LogP contribution in [0.25, 0.3) is 4.48 Å². The summed E-state index contributed by atoms with van der Waals surface area (Å²) in [6, 6.07) is 12.2. The van der Waals surface area contributed by atoms with E-state index in [0.29, 0.717) is 42.1 Å². The van der Waals surface area contributed by atoms with Crippen LogP contribution in [0.1, 0.15) is 15.9 Å². The predicted molar refractivity (Wildman–Crippen MR) is 117 cm³/mol. The van der Waals surface area contributed by atoms with Gasteiger partial charge < -0.3 is 19.7 Å². The molecule has 1 fully saturated rings. The fourth-order valence-corrected chi connectivity index (χ4v) is 3.60. The average molecular weight is 490 g/mol. The highest BCUT2D eigenvalue weighted by Crippen LogP contribution is 2.32. The number of amides is 2. The van der Waals surface area contributed by atoms with Gasteiger partial charge in [0.2, 0.25) is 0 Å². The van der Waals surface area contributed by atoms with Crippen molar-refractivity contribution in [1.82, 2.24) is 10.2 Å². The molecule has 31 heavy (non-hydrogen) atoms. The van der Waals surface area contributed by atoms with Crippen LogP contribution < -0.4 is 10.1 Å². The number of morpholine rings is 1. The van der Waals surface area contributed by atoms with E-state index < -0.39 is 10.8 Å². The lowest BCUT2D eigenvalue weighted by atomic mass is 10.1. The number of non-ortho nitro benzene ring substituents is 1. The zero-order chi connectivity index (χ0) is 22.4. The number of ether oxygens (including phenoxy) is 2. The number of methoxy groups -OCH3 is 1. The molecule has 0 aliphatic carbocycles. The van der Waals surface area contributed by atoms with E-state index in [1.54, 1.807) is 29.2 Å². The summed E-state index contributed by atoms with van der Waals surface area (Å²) in [7, 11) is 1.51. The number of nitro groups is 1. The van der Waals surface area contributed by atoms with Crippen LogP contribution in [0.5, 0.6) is 5.75 Å². The van der Waals surface area contributed by atoms with Crippen molar-refractivity contribution in [1.29, 1.82) is 0 Å². The number of hydrogen-bond donors (Lipinski definition) is 1. The number of para-hydroxylation sites is 1. The normalized spacial score (nSPS) is 14.5. The summed E-state index contributed by atoms with van der Waals surface area (Å²) in [4.78, 5) is 38.0. The Morgan fingerprint density at radius 2 is 1.77 bits per heavy atom. The number of carbonyl (C=O) groups is 2. The van der Waals surface area contributed by atoms with E-state index in [9.17, 15) is 19.7 Å². The lowest BCUT2D eigenvalue weighted by Crippen LogP contribution is -2.44. The zero-order valence-electron chi connectivity index (χ0n) is 16.7. The first kappa shape index (κ1) is 22.4. The molecular formula is C21H20BrN3O6. The molecule has 0 aromatic heterocycles. The molecule has 9 nitrogen and oxygen atoms in total. The summed E-state index contributed by atoms with van der Waals surface area (Å²) in [6.45, 7) is 1.59. The fourth-order valence-electron chi connectivity index (χ4n) is 3.01. The number of rotatable bonds is 6. The van der Waals surface area contributed by atoms with E-state index in [-0.39, 0.29) is 22.9 Å². The summed E-state index contributed by atoms with van der Waals surface area (Å²) in [5, 5.41) is 13.5. The van der Waals surface area contributed by atoms with Crippen molar-refractivity contribution in [2.24, 2.45) is 0 Å². The maximum Gasteiger partial charge on any atom is 0.271 e. The Labute approximate surface area is 186 Å². The van der Waals surface area contributed by atoms with Crippen molar-refractivity contribution in [2.45, 2.75) is 0 Å². The Morgan fingerprint density at radius 3 is 2.39 bits per heavy atom. The molecule has 0 saturated carbocycles. The van der Waals surface area contributed by atoms with Gasteiger partial charge in [-0.1, -0.05) is 18.2 Å². The molecule has 10 heteroatoms. The molecule has 1 heterocycles. The standard InChI is InChI=1S/C21H20BrN3O6/c1-30-17-5-3-2-4-16(17)18(22)19(21(27)24-10-12-31-13-11-24)23-20(26)14-6-8-15(9-7-14)25(28)29/h2-9H,10-13H2,1H3,(H,23,26)/b19-18+. The van der Waals surface area contributed by atoms with Crippen molar-refractivity contribution >= 4 is 37.9 Å². The van der Waals surface area contributed by atoms with Gasteiger partial charge in [-0.3, -0.25) is 19.7 Å². The van der Waals surface area contributed by atoms with Gasteiger partial charge in [-0.05, 0) is 34.1 Å². The highest BCUT2D eigenvalue weighted by Gasteiger charge is 2.26. The van der Waals surface area contributed by atoms with Crippen LogP contribution in [0.15, 0.2) is 54.2 Å². The second-order valence-corrected chi connectivity index (χ2v) is 7.34. The maximum absolute atomic E-state index is 13.3. The molecule has 3 rings (SSSR count). The van der Waals surface area contributed by atoms with Crippen molar-refractivity contribution in [2.75, 3.05) is 33.4 Å². The van der Waals surface area contributed by atoms with E-state index in [4.69, 9.17) is 9.47 Å². The highest BCUT2D eigenvalue weighted by atomic mass is 79.9. The SMILES string of the molecule is COc1ccccc1/C(Br)=C(\NC(=O)c1ccc([N+](=O)[O-])cc1)C(=O)N1CCOCC1. The third-order valence-electron chi connectivity index (χ3n) is 4.65. The first-order valence-corrected chi connectivity index (χ1v) is 10.2. The molecule has 0 radical (unpaired) electrons. The van der Waals surface area contributed by atoms with E-state index >= 15 is 0 Å². The Kier molecular flexibility index (Phi) is 7.37. The molecule has 1 aliphatic rings. The van der Waals surface area contributed by atoms with Crippen LogP contribution in [0, 0.1) is 10.1 Å². The minimum atomic E-state index is -0.571. The first-order valence-electron chi connectivity index (χ1n) is 9.38. The summed E-state index contributed by atoms with van der Waals surface area (Å²) in [5.74, 6) is -0.430. The van der Waals surface area contributed by atoms with Crippen LogP contribution >= 0.6 is 15.9 Å². The Morgan fingerprint density at radius 1 is 1.13 bits per heavy atom. The molecule has 2 amide bonds. The molecule has 1 N–H and O–H groups in total. The highest BCUT2D eigenvalue weighted by molar-refractivity contribution is 9.15. The van der Waals surface area contributed by atoms with Crippen LogP contribution in [-0.2, 0) is 9.53 Å². The lowest BCUT2D eigenvalue weighted by molar-refractivity contribution is -0.384. The third-order valence-corrected chi connectivity index (χ3v) is 5.48. The van der Waals surface area contributed by atoms with Gasteiger partial charge in [0.25, 0.3) is 17.5 Å². The van der Waals surface area contributed by atoms with E-state index in [1.165, 1.54) is 31.4 Å². The molecule has 1 aliphatic heterocycles. The molecule has 0 bridgehead atoms. The number of halogens is 1. The van der Waals surface area contributed by atoms with Crippen LogP contribution in [0.4, 0.5) is 5.69 Å². The van der Waals surface area contributed by atoms with Crippen molar-refractivity contribution in [3.05, 3.63) is 75.5 Å². The molecule has 2 aromatic rings. The molecule has 1 saturated heterocycles. The van der Waals surface area contributed by atoms with Gasteiger partial charge in [-0.15, -0.1) is 0 Å². The van der Waals surface area contributed by atoms with E-state index in [2.05, 4.69) is 21.2 Å². The van der Waals surface area contributed by atoms with Gasteiger partial charge in [0.05, 0.1) is 29.7 Å². The summed E-state index contributed by atoms with van der Waals surface area (Å²) in [6.07, 6.45) is 0. The predicted octanol–water partition coefficient (Wildman–Crippen LogP) is 2.96. The number of nitrogens with zero attached hydrogens (tertiary/aromatic N) is 2. The smallest absolute Gasteiger partial charge is 0.271 e. The number of hydrogen-bond acceptors (Lipinski definition) is 6. The molecule has 2 aromatic carbocycles. The Balaban J connectivity index is 1.98. The van der Waals surface area contributed by atoms with Gasteiger partial charge in [0, 0.05) is 36.3 Å². The second-order valence-electron chi connectivity index (χ2n) is 6.55. The lowest BCUT2D eigenvalue weighted by Gasteiger charge is -2.28. The summed E-state index contributed by atoms with van der Waals surface area (Å²) >= 11 is 3.46. The fraction of sp³-hybridized carbons (Fsp3) is 0.238. The van der Waals surface area contributed by atoms with Gasteiger partial charge in [-0.2, -0.15) is 0 Å². The topological polar surface area (TPSA) is 111 Å². The summed E-state index contributed by atoms with van der Waals surface area (Å²) in [5.41, 5.74) is 0.672. The average Bonchev–Trinajstić information content (AvgIpc) is 2.82. The molecule has 0 unspecified atom stereocenters. The number of nitro benzene ring substituents is 1. The van der Waals surface area contributed by atoms with Gasteiger partial charge in [-0.25, -0.2) is 0 Å². The largest absolute Gasteiger partial charge is 0.496 e. The summed E-state index contributed by atoms with van der Waals surface area (Å²) < 4.78 is 11.0. The first-order chi connectivity index (χ1) is 14.9. The monoisotopic (exact) mass is 489 g/mol. The second kappa shape index (κ2) is 10.2. The maximum atomic E-state index is 13.3. The number of carbonyl (C=O) groups excluding carboxylic acids is 2. The van der Waals surface area contributed by atoms with Gasteiger partial charge in [0.1, 0.15) is 11.4 Å². The van der Waals surface area contributed by atoms with Crippen molar-refractivity contribution in [3.8, 4) is 5.75 Å². The molecule has 162 valence electrons. The number of benzene rings is 2. The molecular weight excluding hydrogens is 470 g/mol. The minimum Gasteiger partial charge on any atom is -0.496 e. The quantitative estimate of drug-likeness (QED) is 0.379. The van der Waals surface area contributed by atoms with Crippen LogP contribution in [0.2, 0.25) is 0 Å². The van der Waals surface area contributed by atoms with Gasteiger partial charge >= 0.3 is 0 Å². The van der Waals surface area contributed by atoms with Crippen LogP contribution in [-0.4, -0.2) is 55.1 Å². The zero-order valence-corrected chi connectivity index (χ0v) is 18.3. The van der Waals surface area contributed by atoms with Crippen molar-refractivity contribution in [3.63, 3.8) is 0 Å². The third kappa shape index (κ3) is 5.28. The molecule has 0 atom stereocenters. The number of nitrogens with one attached hydrogen (secondary N) is 1. The van der Waals surface area contributed by atoms with Crippen LogP contribution in [0.3, 0.4) is 0 Å². The Hall–Kier alpha value is -3.24. The minimum absolute atomic E-state index is 0.0368. The van der Waals surface area contributed by atoms with E-state index in [0.717, 1.165) is 0 Å².